The van der Waals surface area contributed by atoms with Crippen LogP contribution in [0.4, 0.5) is 4.79 Å². The molecule has 3 rings (SSSR count). The van der Waals surface area contributed by atoms with Gasteiger partial charge in [0.1, 0.15) is 0 Å². The fourth-order valence-corrected chi connectivity index (χ4v) is 3.06. The molecule has 1 aromatic heterocycles. The molecular weight excluding hydrogens is 282 g/mol. The Balaban J connectivity index is 1.49. The monoisotopic (exact) mass is 305 g/mol. The van der Waals surface area contributed by atoms with Gasteiger partial charge in [-0.05, 0) is 19.3 Å². The third-order valence-electron chi connectivity index (χ3n) is 4.53. The van der Waals surface area contributed by atoms with Gasteiger partial charge in [-0.25, -0.2) is 4.79 Å². The van der Waals surface area contributed by atoms with Gasteiger partial charge in [0.2, 0.25) is 5.91 Å². The molecule has 120 valence electrons. The maximum atomic E-state index is 12.1. The standard InChI is InChI=1S/C15H23N5O2/c1-9-4-13(9)20-8-12(5-14(20)21)18-15(22)17-10(2)11-6-16-19(3)7-11/h6-7,9-10,12-13H,4-5,8H2,1-3H3,(H2,17,18,22)/t9-,10-,12+,13+/m0/s1. The minimum absolute atomic E-state index is 0.0959. The number of aryl methyl sites for hydroxylation is 1. The SMILES string of the molecule is C[C@H](NC(=O)N[C@@H]1CC(=O)N([C@@H]2C[C@@H]2C)C1)c1cnn(C)c1. The lowest BCUT2D eigenvalue weighted by Crippen LogP contribution is -2.44. The van der Waals surface area contributed by atoms with E-state index in [1.54, 1.807) is 10.9 Å². The highest BCUT2D eigenvalue weighted by atomic mass is 16.2. The van der Waals surface area contributed by atoms with Crippen molar-refractivity contribution >= 4 is 11.9 Å². The lowest BCUT2D eigenvalue weighted by Gasteiger charge is -2.18. The smallest absolute Gasteiger partial charge is 0.315 e. The zero-order chi connectivity index (χ0) is 15.9. The van der Waals surface area contributed by atoms with E-state index >= 15 is 0 Å². The fraction of sp³-hybridized carbons (Fsp3) is 0.667. The van der Waals surface area contributed by atoms with Crippen molar-refractivity contribution in [1.82, 2.24) is 25.3 Å². The average molecular weight is 305 g/mol. The van der Waals surface area contributed by atoms with E-state index in [-0.39, 0.29) is 24.0 Å². The molecule has 2 N–H and O–H groups in total. The second-order valence-electron chi connectivity index (χ2n) is 6.51. The first-order valence-electron chi connectivity index (χ1n) is 7.79. The van der Waals surface area contributed by atoms with Gasteiger partial charge >= 0.3 is 6.03 Å². The van der Waals surface area contributed by atoms with E-state index in [1.165, 1.54) is 0 Å². The third kappa shape index (κ3) is 3.08. The van der Waals surface area contributed by atoms with E-state index in [4.69, 9.17) is 0 Å². The molecule has 0 radical (unpaired) electrons. The summed E-state index contributed by atoms with van der Waals surface area (Å²) < 4.78 is 1.70. The van der Waals surface area contributed by atoms with Crippen molar-refractivity contribution in [3.8, 4) is 0 Å². The summed E-state index contributed by atoms with van der Waals surface area (Å²) in [6.45, 7) is 4.69. The highest BCUT2D eigenvalue weighted by Crippen LogP contribution is 2.37. The van der Waals surface area contributed by atoms with Gasteiger partial charge in [0, 0.05) is 37.8 Å². The Labute approximate surface area is 130 Å². The van der Waals surface area contributed by atoms with Crippen molar-refractivity contribution < 1.29 is 9.59 Å². The number of urea groups is 1. The van der Waals surface area contributed by atoms with Crippen LogP contribution in [-0.4, -0.2) is 45.2 Å². The lowest BCUT2D eigenvalue weighted by molar-refractivity contribution is -0.128. The highest BCUT2D eigenvalue weighted by Gasteiger charge is 2.44. The van der Waals surface area contributed by atoms with Crippen LogP contribution in [0.3, 0.4) is 0 Å². The second-order valence-corrected chi connectivity index (χ2v) is 6.51. The molecule has 0 spiro atoms. The molecule has 1 aliphatic heterocycles. The first-order valence-corrected chi connectivity index (χ1v) is 7.79. The van der Waals surface area contributed by atoms with Crippen LogP contribution in [0.15, 0.2) is 12.4 Å². The molecule has 2 fully saturated rings. The number of likely N-dealkylation sites (tertiary alicyclic amines) is 1. The van der Waals surface area contributed by atoms with Crippen molar-refractivity contribution in [2.24, 2.45) is 13.0 Å². The predicted octanol–water partition coefficient (Wildman–Crippen LogP) is 0.790. The topological polar surface area (TPSA) is 79.3 Å². The zero-order valence-corrected chi connectivity index (χ0v) is 13.2. The Morgan fingerprint density at radius 1 is 1.50 bits per heavy atom. The summed E-state index contributed by atoms with van der Waals surface area (Å²) >= 11 is 0. The van der Waals surface area contributed by atoms with Gasteiger partial charge in [-0.1, -0.05) is 6.92 Å². The Hall–Kier alpha value is -2.05. The summed E-state index contributed by atoms with van der Waals surface area (Å²) in [5.74, 6) is 0.752. The Morgan fingerprint density at radius 3 is 2.82 bits per heavy atom. The van der Waals surface area contributed by atoms with E-state index < -0.39 is 0 Å². The van der Waals surface area contributed by atoms with Gasteiger partial charge < -0.3 is 15.5 Å². The summed E-state index contributed by atoms with van der Waals surface area (Å²) in [5, 5.41) is 9.89. The van der Waals surface area contributed by atoms with Gasteiger partial charge in [0.05, 0.1) is 18.3 Å². The van der Waals surface area contributed by atoms with Crippen LogP contribution in [0.25, 0.3) is 0 Å². The van der Waals surface area contributed by atoms with Crippen LogP contribution in [0.5, 0.6) is 0 Å². The Kier molecular flexibility index (Phi) is 3.80. The fourth-order valence-electron chi connectivity index (χ4n) is 3.06. The number of carbonyl (C=O) groups is 2. The molecule has 0 bridgehead atoms. The number of hydrogen-bond acceptors (Lipinski definition) is 3. The predicted molar refractivity (Wildman–Crippen MR) is 81.0 cm³/mol. The maximum absolute atomic E-state index is 12.1. The largest absolute Gasteiger partial charge is 0.337 e. The van der Waals surface area contributed by atoms with Crippen LogP contribution in [0.1, 0.15) is 38.3 Å². The molecule has 1 saturated carbocycles. The normalized spacial score (nSPS) is 28.6. The van der Waals surface area contributed by atoms with Gasteiger partial charge in [-0.15, -0.1) is 0 Å². The molecule has 4 atom stereocenters. The third-order valence-corrected chi connectivity index (χ3v) is 4.53. The summed E-state index contributed by atoms with van der Waals surface area (Å²) in [6.07, 6.45) is 5.10. The quantitative estimate of drug-likeness (QED) is 0.863. The number of nitrogens with one attached hydrogen (secondary N) is 2. The van der Waals surface area contributed by atoms with Gasteiger partial charge in [0.15, 0.2) is 0 Å². The van der Waals surface area contributed by atoms with E-state index in [2.05, 4.69) is 22.7 Å². The van der Waals surface area contributed by atoms with E-state index in [9.17, 15) is 9.59 Å². The number of nitrogens with zero attached hydrogens (tertiary/aromatic N) is 3. The van der Waals surface area contributed by atoms with Crippen molar-refractivity contribution in [1.29, 1.82) is 0 Å². The number of hydrogen-bond donors (Lipinski definition) is 2. The molecule has 7 nitrogen and oxygen atoms in total. The average Bonchev–Trinajstić information content (AvgIpc) is 2.82. The molecule has 2 aliphatic rings. The Morgan fingerprint density at radius 2 is 2.23 bits per heavy atom. The van der Waals surface area contributed by atoms with Crippen molar-refractivity contribution in [3.05, 3.63) is 18.0 Å². The number of carbonyl (C=O) groups excluding carboxylic acids is 2. The first kappa shape index (κ1) is 14.9. The van der Waals surface area contributed by atoms with E-state index in [0.717, 1.165) is 12.0 Å². The van der Waals surface area contributed by atoms with Crippen LogP contribution in [0, 0.1) is 5.92 Å². The lowest BCUT2D eigenvalue weighted by atomic mass is 10.2. The minimum atomic E-state index is -0.236. The number of amides is 3. The molecule has 22 heavy (non-hydrogen) atoms. The van der Waals surface area contributed by atoms with E-state index in [1.807, 2.05) is 25.1 Å². The molecule has 1 saturated heterocycles. The molecule has 0 unspecified atom stereocenters. The summed E-state index contributed by atoms with van der Waals surface area (Å²) in [5.41, 5.74) is 0.952. The maximum Gasteiger partial charge on any atom is 0.315 e. The molecule has 1 aliphatic carbocycles. The molecule has 2 heterocycles. The number of rotatable bonds is 4. The first-order chi connectivity index (χ1) is 10.4. The van der Waals surface area contributed by atoms with Gasteiger partial charge in [-0.2, -0.15) is 5.10 Å². The summed E-state index contributed by atoms with van der Waals surface area (Å²) in [4.78, 5) is 26.0. The van der Waals surface area contributed by atoms with Crippen LogP contribution in [0.2, 0.25) is 0 Å². The molecule has 7 heteroatoms. The summed E-state index contributed by atoms with van der Waals surface area (Å²) in [6, 6.07) is -0.0664. The zero-order valence-electron chi connectivity index (χ0n) is 13.2. The molecule has 1 aromatic rings. The van der Waals surface area contributed by atoms with Gasteiger partial charge in [0.25, 0.3) is 0 Å². The van der Waals surface area contributed by atoms with Crippen LogP contribution in [-0.2, 0) is 11.8 Å². The van der Waals surface area contributed by atoms with Crippen molar-refractivity contribution in [3.63, 3.8) is 0 Å². The highest BCUT2D eigenvalue weighted by molar-refractivity contribution is 5.82. The summed E-state index contributed by atoms with van der Waals surface area (Å²) in [7, 11) is 1.84. The minimum Gasteiger partial charge on any atom is -0.337 e. The van der Waals surface area contributed by atoms with Crippen molar-refractivity contribution in [2.45, 2.75) is 44.8 Å². The van der Waals surface area contributed by atoms with Crippen molar-refractivity contribution in [2.75, 3.05) is 6.54 Å². The van der Waals surface area contributed by atoms with E-state index in [0.29, 0.717) is 24.9 Å². The van der Waals surface area contributed by atoms with Crippen LogP contribution < -0.4 is 10.6 Å². The molecule has 0 aromatic carbocycles. The van der Waals surface area contributed by atoms with Crippen LogP contribution >= 0.6 is 0 Å². The molecule has 3 amide bonds. The Bertz CT molecular complexity index is 584. The number of aromatic nitrogens is 2. The van der Waals surface area contributed by atoms with Gasteiger partial charge in [-0.3, -0.25) is 9.48 Å². The second kappa shape index (κ2) is 5.62. The molecular formula is C15H23N5O2.